The van der Waals surface area contributed by atoms with Gasteiger partial charge in [-0.3, -0.25) is 4.98 Å². The van der Waals surface area contributed by atoms with Crippen LogP contribution in [-0.2, 0) is 0 Å². The molecule has 0 atom stereocenters. The first-order chi connectivity index (χ1) is 6.84. The van der Waals surface area contributed by atoms with Crippen LogP contribution in [0.3, 0.4) is 0 Å². The van der Waals surface area contributed by atoms with Crippen molar-refractivity contribution >= 4 is 0 Å². The van der Waals surface area contributed by atoms with Gasteiger partial charge in [0.2, 0.25) is 0 Å². The van der Waals surface area contributed by atoms with E-state index in [0.717, 1.165) is 17.1 Å². The highest BCUT2D eigenvalue weighted by molar-refractivity contribution is 5.33. The maximum atomic E-state index is 5.56. The molecule has 2 rings (SSSR count). The van der Waals surface area contributed by atoms with Crippen molar-refractivity contribution in [3.8, 4) is 11.5 Å². The van der Waals surface area contributed by atoms with E-state index in [0.29, 0.717) is 0 Å². The number of rotatable bonds is 2. The van der Waals surface area contributed by atoms with E-state index in [1.54, 1.807) is 12.4 Å². The molecule has 0 amide bonds. The van der Waals surface area contributed by atoms with E-state index < -0.39 is 0 Å². The van der Waals surface area contributed by atoms with Crippen LogP contribution in [0.2, 0.25) is 0 Å². The number of hydrogen-bond donors (Lipinski definition) is 0. The van der Waals surface area contributed by atoms with Crippen LogP contribution in [0.25, 0.3) is 0 Å². The van der Waals surface area contributed by atoms with Crippen molar-refractivity contribution in [2.45, 2.75) is 0 Å². The molecule has 2 aromatic rings. The normalized spacial score (nSPS) is 9.79. The van der Waals surface area contributed by atoms with Crippen molar-refractivity contribution < 1.29 is 4.74 Å². The molecule has 0 spiro atoms. The fraction of sp³-hybridized carbons (Fsp3) is 0. The second kappa shape index (κ2) is 3.92. The monoisotopic (exact) mass is 184 g/mol. The molecule has 0 aliphatic heterocycles. The number of benzene rings is 1. The lowest BCUT2D eigenvalue weighted by Crippen LogP contribution is -1.84. The van der Waals surface area contributed by atoms with Crippen molar-refractivity contribution in [2.75, 3.05) is 0 Å². The second-order valence-corrected chi connectivity index (χ2v) is 2.94. The van der Waals surface area contributed by atoms with Crippen molar-refractivity contribution in [3.63, 3.8) is 0 Å². The SMILES string of the molecule is [CH2]c1cccc(Oc2cccnc2)c1. The van der Waals surface area contributed by atoms with Crippen LogP contribution in [0.4, 0.5) is 0 Å². The molecule has 0 aliphatic carbocycles. The zero-order valence-electron chi connectivity index (χ0n) is 7.68. The molecule has 0 bridgehead atoms. The third kappa shape index (κ3) is 2.10. The Morgan fingerprint density at radius 2 is 1.93 bits per heavy atom. The molecule has 2 heteroatoms. The van der Waals surface area contributed by atoms with E-state index in [9.17, 15) is 0 Å². The second-order valence-electron chi connectivity index (χ2n) is 2.94. The molecule has 2 nitrogen and oxygen atoms in total. The number of ether oxygens (including phenoxy) is 1. The van der Waals surface area contributed by atoms with Crippen molar-refractivity contribution in [1.82, 2.24) is 4.98 Å². The van der Waals surface area contributed by atoms with E-state index in [4.69, 9.17) is 4.74 Å². The Balaban J connectivity index is 2.19. The molecule has 0 unspecified atom stereocenters. The summed E-state index contributed by atoms with van der Waals surface area (Å²) in [6.45, 7) is 3.83. The molecule has 1 heterocycles. The molecular weight excluding hydrogens is 174 g/mol. The van der Waals surface area contributed by atoms with E-state index >= 15 is 0 Å². The van der Waals surface area contributed by atoms with E-state index in [1.807, 2.05) is 36.4 Å². The zero-order chi connectivity index (χ0) is 9.80. The maximum absolute atomic E-state index is 5.56. The van der Waals surface area contributed by atoms with Crippen LogP contribution in [0.1, 0.15) is 5.56 Å². The Bertz CT molecular complexity index is 412. The summed E-state index contributed by atoms with van der Waals surface area (Å²) < 4.78 is 5.56. The highest BCUT2D eigenvalue weighted by atomic mass is 16.5. The first-order valence-corrected chi connectivity index (χ1v) is 4.34. The minimum absolute atomic E-state index is 0.734. The van der Waals surface area contributed by atoms with E-state index in [1.165, 1.54) is 0 Å². The summed E-state index contributed by atoms with van der Waals surface area (Å²) in [5.74, 6) is 1.52. The lowest BCUT2D eigenvalue weighted by Gasteiger charge is -2.04. The predicted molar refractivity (Wildman–Crippen MR) is 55.2 cm³/mol. The Labute approximate surface area is 83.2 Å². The molecule has 14 heavy (non-hydrogen) atoms. The largest absolute Gasteiger partial charge is 0.456 e. The molecule has 0 saturated heterocycles. The summed E-state index contributed by atoms with van der Waals surface area (Å²) in [6, 6.07) is 11.3. The van der Waals surface area contributed by atoms with Crippen molar-refractivity contribution in [3.05, 3.63) is 61.3 Å². The average Bonchev–Trinajstić information content (AvgIpc) is 2.19. The number of aromatic nitrogens is 1. The van der Waals surface area contributed by atoms with Gasteiger partial charge in [-0.2, -0.15) is 0 Å². The third-order valence-electron chi connectivity index (χ3n) is 1.77. The van der Waals surface area contributed by atoms with E-state index in [2.05, 4.69) is 11.9 Å². The van der Waals surface area contributed by atoms with Crippen LogP contribution in [0, 0.1) is 6.92 Å². The Hall–Kier alpha value is -1.83. The lowest BCUT2D eigenvalue weighted by atomic mass is 10.2. The van der Waals surface area contributed by atoms with Gasteiger partial charge < -0.3 is 4.74 Å². The quantitative estimate of drug-likeness (QED) is 0.715. The number of pyridine rings is 1. The van der Waals surface area contributed by atoms with Gasteiger partial charge in [0.05, 0.1) is 6.20 Å². The van der Waals surface area contributed by atoms with Crippen LogP contribution >= 0.6 is 0 Å². The van der Waals surface area contributed by atoms with Crippen LogP contribution < -0.4 is 4.74 Å². The average molecular weight is 184 g/mol. The van der Waals surface area contributed by atoms with E-state index in [-0.39, 0.29) is 0 Å². The third-order valence-corrected chi connectivity index (χ3v) is 1.77. The summed E-state index contributed by atoms with van der Waals surface area (Å²) in [4.78, 5) is 3.96. The molecule has 0 aliphatic rings. The summed E-state index contributed by atoms with van der Waals surface area (Å²) in [6.07, 6.45) is 3.39. The Kier molecular flexibility index (Phi) is 2.45. The van der Waals surface area contributed by atoms with Gasteiger partial charge in [0.1, 0.15) is 11.5 Å². The lowest BCUT2D eigenvalue weighted by molar-refractivity contribution is 0.480. The molecular formula is C12H10NO. The van der Waals surface area contributed by atoms with Crippen LogP contribution in [0.15, 0.2) is 48.8 Å². The van der Waals surface area contributed by atoms with Gasteiger partial charge >= 0.3 is 0 Å². The molecule has 1 radical (unpaired) electrons. The van der Waals surface area contributed by atoms with Gasteiger partial charge in [-0.1, -0.05) is 12.1 Å². The smallest absolute Gasteiger partial charge is 0.145 e. The minimum atomic E-state index is 0.734. The minimum Gasteiger partial charge on any atom is -0.456 e. The number of hydrogen-bond acceptors (Lipinski definition) is 2. The van der Waals surface area contributed by atoms with Crippen molar-refractivity contribution in [1.29, 1.82) is 0 Å². The van der Waals surface area contributed by atoms with Gasteiger partial charge in [0, 0.05) is 6.20 Å². The van der Waals surface area contributed by atoms with Crippen LogP contribution in [0.5, 0.6) is 11.5 Å². The summed E-state index contributed by atoms with van der Waals surface area (Å²) in [5, 5.41) is 0. The van der Waals surface area contributed by atoms with Crippen molar-refractivity contribution in [2.24, 2.45) is 0 Å². The molecule has 0 N–H and O–H groups in total. The number of nitrogens with zero attached hydrogens (tertiary/aromatic N) is 1. The zero-order valence-corrected chi connectivity index (χ0v) is 7.68. The molecule has 69 valence electrons. The summed E-state index contributed by atoms with van der Waals surface area (Å²) >= 11 is 0. The molecule has 0 saturated carbocycles. The Morgan fingerprint density at radius 1 is 1.07 bits per heavy atom. The standard InChI is InChI=1S/C12H10NO/c1-10-4-2-5-11(8-10)14-12-6-3-7-13-9-12/h2-9H,1H2. The van der Waals surface area contributed by atoms with Gasteiger partial charge in [0.25, 0.3) is 0 Å². The van der Waals surface area contributed by atoms with Gasteiger partial charge in [-0.15, -0.1) is 0 Å². The molecule has 0 fully saturated rings. The fourth-order valence-corrected chi connectivity index (χ4v) is 1.15. The Morgan fingerprint density at radius 3 is 2.64 bits per heavy atom. The maximum Gasteiger partial charge on any atom is 0.145 e. The highest BCUT2D eigenvalue weighted by Gasteiger charge is 1.95. The van der Waals surface area contributed by atoms with Gasteiger partial charge in [-0.25, -0.2) is 0 Å². The summed E-state index contributed by atoms with van der Waals surface area (Å²) in [7, 11) is 0. The molecule has 1 aromatic heterocycles. The van der Waals surface area contributed by atoms with Gasteiger partial charge in [-0.05, 0) is 36.8 Å². The van der Waals surface area contributed by atoms with Gasteiger partial charge in [0.15, 0.2) is 0 Å². The first kappa shape index (κ1) is 8.75. The summed E-state index contributed by atoms with van der Waals surface area (Å²) in [5.41, 5.74) is 0.936. The predicted octanol–water partition coefficient (Wildman–Crippen LogP) is 3.06. The first-order valence-electron chi connectivity index (χ1n) is 4.34. The topological polar surface area (TPSA) is 22.1 Å². The highest BCUT2D eigenvalue weighted by Crippen LogP contribution is 2.20. The van der Waals surface area contributed by atoms with Crippen LogP contribution in [-0.4, -0.2) is 4.98 Å². The fourth-order valence-electron chi connectivity index (χ4n) is 1.15. The molecule has 1 aromatic carbocycles.